The van der Waals surface area contributed by atoms with Gasteiger partial charge in [-0.1, -0.05) is 27.5 Å². The molecule has 2 N–H and O–H groups in total. The molecule has 3 aromatic rings. The van der Waals surface area contributed by atoms with Crippen molar-refractivity contribution < 1.29 is 19.1 Å². The fourth-order valence-electron chi connectivity index (χ4n) is 2.53. The van der Waals surface area contributed by atoms with Gasteiger partial charge in [-0.05, 0) is 58.4 Å². The molecule has 0 aliphatic heterocycles. The van der Waals surface area contributed by atoms with Gasteiger partial charge in [0.25, 0.3) is 5.91 Å². The van der Waals surface area contributed by atoms with E-state index < -0.39 is 0 Å². The molecule has 5 nitrogen and oxygen atoms in total. The third kappa shape index (κ3) is 4.38. The van der Waals surface area contributed by atoms with Gasteiger partial charge in [-0.25, -0.2) is 0 Å². The number of hydrogen-bond acceptors (Lipinski definition) is 4. The van der Waals surface area contributed by atoms with Gasteiger partial charge in [0, 0.05) is 15.7 Å². The van der Waals surface area contributed by atoms with E-state index in [0.717, 1.165) is 4.47 Å². The van der Waals surface area contributed by atoms with Gasteiger partial charge in [-0.3, -0.25) is 4.79 Å². The molecular formula is C19H14Br2ClNO4. The fourth-order valence-corrected chi connectivity index (χ4v) is 4.13. The van der Waals surface area contributed by atoms with Gasteiger partial charge in [0.1, 0.15) is 23.9 Å². The summed E-state index contributed by atoms with van der Waals surface area (Å²) >= 11 is 13.0. The molecule has 1 amide bonds. The van der Waals surface area contributed by atoms with E-state index in [0.29, 0.717) is 43.6 Å². The normalized spacial score (nSPS) is 10.7. The molecule has 0 fully saturated rings. The molecule has 0 atom stereocenters. The summed E-state index contributed by atoms with van der Waals surface area (Å²) in [5.74, 6) is 1.03. The summed E-state index contributed by atoms with van der Waals surface area (Å²) in [5, 5.41) is 12.5. The highest BCUT2D eigenvalue weighted by Crippen LogP contribution is 2.35. The third-order valence-corrected chi connectivity index (χ3v) is 5.14. The second kappa shape index (κ2) is 8.48. The van der Waals surface area contributed by atoms with Crippen LogP contribution < -0.4 is 10.1 Å². The Morgan fingerprint density at radius 1 is 1.22 bits per heavy atom. The molecule has 3 rings (SSSR count). The quantitative estimate of drug-likeness (QED) is 0.445. The molecule has 0 bridgehead atoms. The van der Waals surface area contributed by atoms with Gasteiger partial charge in [-0.2, -0.15) is 0 Å². The van der Waals surface area contributed by atoms with Crippen LogP contribution in [0.3, 0.4) is 0 Å². The molecule has 2 aromatic carbocycles. The Bertz CT molecular complexity index is 1000. The van der Waals surface area contributed by atoms with Crippen LogP contribution in [0.15, 0.2) is 55.8 Å². The van der Waals surface area contributed by atoms with Crippen LogP contribution in [0.1, 0.15) is 16.1 Å². The Morgan fingerprint density at radius 2 is 2.00 bits per heavy atom. The van der Waals surface area contributed by atoms with Crippen molar-refractivity contribution in [2.24, 2.45) is 0 Å². The molecule has 0 aliphatic rings. The van der Waals surface area contributed by atoms with Crippen LogP contribution in [0, 0.1) is 0 Å². The number of benzene rings is 2. The van der Waals surface area contributed by atoms with E-state index in [4.69, 9.17) is 25.9 Å². The number of ether oxygens (including phenoxy) is 1. The number of carbonyl (C=O) groups excluding carboxylic acids is 1. The minimum absolute atomic E-state index is 0.203. The van der Waals surface area contributed by atoms with Crippen LogP contribution in [0.25, 0.3) is 11.3 Å². The summed E-state index contributed by atoms with van der Waals surface area (Å²) in [6, 6.07) is 11.9. The highest BCUT2D eigenvalue weighted by atomic mass is 79.9. The van der Waals surface area contributed by atoms with Crippen LogP contribution in [-0.2, 0) is 6.61 Å². The summed E-state index contributed by atoms with van der Waals surface area (Å²) in [7, 11) is 1.50. The van der Waals surface area contributed by atoms with Gasteiger partial charge < -0.3 is 19.6 Å². The Labute approximate surface area is 177 Å². The zero-order valence-electron chi connectivity index (χ0n) is 14.1. The Balaban J connectivity index is 1.92. The van der Waals surface area contributed by atoms with Gasteiger partial charge >= 0.3 is 0 Å². The van der Waals surface area contributed by atoms with Gasteiger partial charge in [-0.15, -0.1) is 0 Å². The molecule has 0 saturated carbocycles. The number of carbonyl (C=O) groups is 1. The first kappa shape index (κ1) is 19.9. The van der Waals surface area contributed by atoms with Crippen LogP contribution in [-0.4, -0.2) is 18.1 Å². The standard InChI is InChI=1S/C19H14Br2ClNO4/c1-26-18-14(6-10(20)7-15(18)21)19(25)23-11-2-4-16(22)13(8-11)17-5-3-12(9-24)27-17/h2-8,24H,9H2,1H3,(H,23,25). The van der Waals surface area contributed by atoms with E-state index in [1.54, 1.807) is 42.5 Å². The average Bonchev–Trinajstić information content (AvgIpc) is 3.11. The van der Waals surface area contributed by atoms with Crippen LogP contribution >= 0.6 is 43.5 Å². The topological polar surface area (TPSA) is 71.7 Å². The largest absolute Gasteiger partial charge is 0.495 e. The summed E-state index contributed by atoms with van der Waals surface area (Å²) in [6.45, 7) is -0.203. The molecule has 0 saturated heterocycles. The molecule has 0 unspecified atom stereocenters. The minimum Gasteiger partial charge on any atom is -0.495 e. The van der Waals surface area contributed by atoms with E-state index >= 15 is 0 Å². The average molecular weight is 516 g/mol. The van der Waals surface area contributed by atoms with Crippen molar-refractivity contribution in [1.29, 1.82) is 0 Å². The summed E-state index contributed by atoms with van der Waals surface area (Å²) < 4.78 is 12.3. The molecule has 1 heterocycles. The van der Waals surface area contributed by atoms with Gasteiger partial charge in [0.05, 0.1) is 22.2 Å². The molecule has 0 radical (unpaired) electrons. The molecule has 27 heavy (non-hydrogen) atoms. The van der Waals surface area contributed by atoms with Crippen molar-refractivity contribution in [1.82, 2.24) is 0 Å². The number of amides is 1. The summed E-state index contributed by atoms with van der Waals surface area (Å²) in [5.41, 5.74) is 1.52. The lowest BCUT2D eigenvalue weighted by molar-refractivity contribution is 0.102. The smallest absolute Gasteiger partial charge is 0.259 e. The maximum atomic E-state index is 12.8. The first-order valence-electron chi connectivity index (χ1n) is 7.76. The van der Waals surface area contributed by atoms with Crippen molar-refractivity contribution >= 4 is 55.1 Å². The third-order valence-electron chi connectivity index (χ3n) is 3.76. The zero-order chi connectivity index (χ0) is 19.6. The molecule has 8 heteroatoms. The Morgan fingerprint density at radius 3 is 2.67 bits per heavy atom. The SMILES string of the molecule is COc1c(Br)cc(Br)cc1C(=O)Nc1ccc(Cl)c(-c2ccc(CO)o2)c1. The van der Waals surface area contributed by atoms with Crippen molar-refractivity contribution in [3.63, 3.8) is 0 Å². The summed E-state index contributed by atoms with van der Waals surface area (Å²) in [4.78, 5) is 12.8. The molecule has 0 spiro atoms. The fraction of sp³-hybridized carbons (Fsp3) is 0.105. The number of rotatable bonds is 5. The van der Waals surface area contributed by atoms with Crippen molar-refractivity contribution in [3.05, 3.63) is 67.8 Å². The van der Waals surface area contributed by atoms with E-state index in [1.165, 1.54) is 7.11 Å². The van der Waals surface area contributed by atoms with E-state index in [2.05, 4.69) is 37.2 Å². The maximum Gasteiger partial charge on any atom is 0.259 e. The first-order valence-corrected chi connectivity index (χ1v) is 9.73. The number of anilines is 1. The minimum atomic E-state index is -0.336. The van der Waals surface area contributed by atoms with Crippen molar-refractivity contribution in [2.45, 2.75) is 6.61 Å². The lowest BCUT2D eigenvalue weighted by atomic mass is 10.1. The van der Waals surface area contributed by atoms with E-state index in [9.17, 15) is 4.79 Å². The second-order valence-corrected chi connectivity index (χ2v) is 7.72. The predicted octanol–water partition coefficient (Wildman–Crippen LogP) is 5.88. The molecular weight excluding hydrogens is 501 g/mol. The second-order valence-electron chi connectivity index (χ2n) is 5.54. The zero-order valence-corrected chi connectivity index (χ0v) is 18.0. The number of nitrogens with one attached hydrogen (secondary N) is 1. The Hall–Kier alpha value is -1.80. The lowest BCUT2D eigenvalue weighted by Gasteiger charge is -2.12. The van der Waals surface area contributed by atoms with Gasteiger partial charge in [0.2, 0.25) is 0 Å². The molecule has 0 aliphatic carbocycles. The van der Waals surface area contributed by atoms with Crippen LogP contribution in [0.4, 0.5) is 5.69 Å². The number of aliphatic hydroxyl groups is 1. The highest BCUT2D eigenvalue weighted by molar-refractivity contribution is 9.11. The number of methoxy groups -OCH3 is 1. The number of hydrogen-bond donors (Lipinski definition) is 2. The van der Waals surface area contributed by atoms with Gasteiger partial charge in [0.15, 0.2) is 0 Å². The number of furan rings is 1. The monoisotopic (exact) mass is 513 g/mol. The summed E-state index contributed by atoms with van der Waals surface area (Å²) in [6.07, 6.45) is 0. The van der Waals surface area contributed by atoms with Crippen molar-refractivity contribution in [2.75, 3.05) is 12.4 Å². The first-order chi connectivity index (χ1) is 12.9. The molecule has 140 valence electrons. The lowest BCUT2D eigenvalue weighted by Crippen LogP contribution is -2.13. The maximum absolute atomic E-state index is 12.8. The molecule has 1 aromatic heterocycles. The predicted molar refractivity (Wildman–Crippen MR) is 111 cm³/mol. The Kier molecular flexibility index (Phi) is 6.26. The van der Waals surface area contributed by atoms with E-state index in [1.807, 2.05) is 0 Å². The van der Waals surface area contributed by atoms with Crippen LogP contribution in [0.5, 0.6) is 5.75 Å². The van der Waals surface area contributed by atoms with E-state index in [-0.39, 0.29) is 12.5 Å². The number of halogens is 3. The highest BCUT2D eigenvalue weighted by Gasteiger charge is 2.17. The number of aliphatic hydroxyl groups excluding tert-OH is 1. The van der Waals surface area contributed by atoms with Crippen LogP contribution in [0.2, 0.25) is 5.02 Å². The van der Waals surface area contributed by atoms with Crippen molar-refractivity contribution in [3.8, 4) is 17.1 Å².